The van der Waals surface area contributed by atoms with E-state index in [0.717, 1.165) is 12.0 Å². The average Bonchev–Trinajstić information content (AvgIpc) is 2.47. The van der Waals surface area contributed by atoms with Crippen LogP contribution in [0.2, 0.25) is 0 Å². The summed E-state index contributed by atoms with van der Waals surface area (Å²) in [5.74, 6) is -1.43. The van der Waals surface area contributed by atoms with Crippen LogP contribution in [-0.4, -0.2) is 22.0 Å². The molecule has 1 heterocycles. The van der Waals surface area contributed by atoms with Crippen molar-refractivity contribution in [2.75, 3.05) is 5.32 Å². The van der Waals surface area contributed by atoms with E-state index in [0.29, 0.717) is 5.56 Å². The molecule has 0 saturated carbocycles. The Bertz CT molecular complexity index is 653. The first-order chi connectivity index (χ1) is 9.63. The lowest BCUT2D eigenvalue weighted by Gasteiger charge is -2.09. The maximum Gasteiger partial charge on any atom is 0.339 e. The van der Waals surface area contributed by atoms with E-state index in [1.165, 1.54) is 18.3 Å². The predicted octanol–water partition coefficient (Wildman–Crippen LogP) is 2.59. The van der Waals surface area contributed by atoms with E-state index < -0.39 is 5.97 Å². The highest BCUT2D eigenvalue weighted by atomic mass is 16.4. The largest absolute Gasteiger partial charge is 0.478 e. The Morgan fingerprint density at radius 3 is 2.55 bits per heavy atom. The third-order valence-corrected chi connectivity index (χ3v) is 2.91. The third kappa shape index (κ3) is 2.83. The van der Waals surface area contributed by atoms with Crippen LogP contribution in [-0.2, 0) is 6.42 Å². The number of hydrogen-bond acceptors (Lipinski definition) is 3. The topological polar surface area (TPSA) is 79.3 Å². The molecule has 0 fully saturated rings. The Morgan fingerprint density at radius 2 is 1.85 bits per heavy atom. The smallest absolute Gasteiger partial charge is 0.339 e. The van der Waals surface area contributed by atoms with Crippen molar-refractivity contribution in [3.05, 3.63) is 59.3 Å². The summed E-state index contributed by atoms with van der Waals surface area (Å²) in [6.45, 7) is 1.95. The van der Waals surface area contributed by atoms with E-state index in [2.05, 4.69) is 10.3 Å². The predicted molar refractivity (Wildman–Crippen MR) is 75.0 cm³/mol. The molecule has 1 amide bonds. The second-order valence-corrected chi connectivity index (χ2v) is 4.17. The lowest BCUT2D eigenvalue weighted by Crippen LogP contribution is -2.17. The van der Waals surface area contributed by atoms with E-state index in [9.17, 15) is 9.59 Å². The average molecular weight is 270 g/mol. The first-order valence-corrected chi connectivity index (χ1v) is 6.21. The van der Waals surface area contributed by atoms with E-state index >= 15 is 0 Å². The lowest BCUT2D eigenvalue weighted by molar-refractivity contribution is 0.0697. The molecule has 0 aliphatic heterocycles. The maximum atomic E-state index is 12.2. The van der Waals surface area contributed by atoms with Gasteiger partial charge in [0.15, 0.2) is 0 Å². The van der Waals surface area contributed by atoms with Crippen molar-refractivity contribution in [3.63, 3.8) is 0 Å². The van der Waals surface area contributed by atoms with Gasteiger partial charge < -0.3 is 10.4 Å². The van der Waals surface area contributed by atoms with Gasteiger partial charge in [-0.25, -0.2) is 9.78 Å². The summed E-state index contributed by atoms with van der Waals surface area (Å²) in [6.07, 6.45) is 2.16. The van der Waals surface area contributed by atoms with E-state index in [-0.39, 0.29) is 17.3 Å². The molecule has 0 radical (unpaired) electrons. The van der Waals surface area contributed by atoms with Crippen molar-refractivity contribution in [2.45, 2.75) is 13.3 Å². The standard InChI is InChI=1S/C15H14N2O3/c1-2-10-6-3-4-7-11(10)14(18)17-13-12(15(19)20)8-5-9-16-13/h3-9H,2H2,1H3,(H,19,20)(H,16,17,18). The number of anilines is 1. The Hall–Kier alpha value is -2.69. The maximum absolute atomic E-state index is 12.2. The van der Waals surface area contributed by atoms with Crippen molar-refractivity contribution >= 4 is 17.7 Å². The van der Waals surface area contributed by atoms with Crippen LogP contribution < -0.4 is 5.32 Å². The van der Waals surface area contributed by atoms with Crippen LogP contribution in [0.15, 0.2) is 42.6 Å². The fourth-order valence-corrected chi connectivity index (χ4v) is 1.90. The SMILES string of the molecule is CCc1ccccc1C(=O)Nc1ncccc1C(=O)O. The molecule has 2 aromatic rings. The third-order valence-electron chi connectivity index (χ3n) is 2.91. The molecule has 0 unspecified atom stereocenters. The van der Waals surface area contributed by atoms with Crippen molar-refractivity contribution in [1.82, 2.24) is 4.98 Å². The number of rotatable bonds is 4. The number of amides is 1. The number of pyridine rings is 1. The number of carboxylic acids is 1. The second-order valence-electron chi connectivity index (χ2n) is 4.17. The van der Waals surface area contributed by atoms with Crippen LogP contribution in [0.25, 0.3) is 0 Å². The monoisotopic (exact) mass is 270 g/mol. The Kier molecular flexibility index (Phi) is 4.10. The molecule has 0 aliphatic carbocycles. The zero-order valence-electron chi connectivity index (χ0n) is 11.0. The van der Waals surface area contributed by atoms with Crippen molar-refractivity contribution in [3.8, 4) is 0 Å². The molecular formula is C15H14N2O3. The molecule has 5 nitrogen and oxygen atoms in total. The summed E-state index contributed by atoms with van der Waals surface area (Å²) in [7, 11) is 0. The van der Waals surface area contributed by atoms with E-state index in [1.54, 1.807) is 12.1 Å². The summed E-state index contributed by atoms with van der Waals surface area (Å²) in [6, 6.07) is 10.1. The van der Waals surface area contributed by atoms with E-state index in [4.69, 9.17) is 5.11 Å². The number of hydrogen-bond donors (Lipinski definition) is 2. The van der Waals surface area contributed by atoms with Gasteiger partial charge in [-0.15, -0.1) is 0 Å². The molecule has 0 aliphatic rings. The van der Waals surface area contributed by atoms with Gasteiger partial charge in [-0.1, -0.05) is 25.1 Å². The van der Waals surface area contributed by atoms with Crippen molar-refractivity contribution in [1.29, 1.82) is 0 Å². The van der Waals surface area contributed by atoms with Crippen molar-refractivity contribution < 1.29 is 14.7 Å². The van der Waals surface area contributed by atoms with Gasteiger partial charge in [0.2, 0.25) is 0 Å². The summed E-state index contributed by atoms with van der Waals surface area (Å²) in [5, 5.41) is 11.6. The number of nitrogens with one attached hydrogen (secondary N) is 1. The minimum Gasteiger partial charge on any atom is -0.478 e. The Balaban J connectivity index is 2.31. The number of carbonyl (C=O) groups is 2. The van der Waals surface area contributed by atoms with E-state index in [1.807, 2.05) is 19.1 Å². The fourth-order valence-electron chi connectivity index (χ4n) is 1.90. The zero-order valence-corrected chi connectivity index (χ0v) is 11.0. The number of nitrogens with zero attached hydrogens (tertiary/aromatic N) is 1. The van der Waals surface area contributed by atoms with Gasteiger partial charge in [0.1, 0.15) is 11.4 Å². The van der Waals surface area contributed by atoms with Gasteiger partial charge in [0.25, 0.3) is 5.91 Å². The fraction of sp³-hybridized carbons (Fsp3) is 0.133. The van der Waals surface area contributed by atoms with Crippen LogP contribution in [0.1, 0.15) is 33.2 Å². The summed E-state index contributed by atoms with van der Waals surface area (Å²) < 4.78 is 0. The second kappa shape index (κ2) is 5.97. The lowest BCUT2D eigenvalue weighted by atomic mass is 10.0. The number of carbonyl (C=O) groups excluding carboxylic acids is 1. The molecule has 2 N–H and O–H groups in total. The van der Waals surface area contributed by atoms with Gasteiger partial charge in [0, 0.05) is 11.8 Å². The minimum atomic E-state index is -1.13. The normalized spacial score (nSPS) is 10.1. The van der Waals surface area contributed by atoms with Gasteiger partial charge in [-0.05, 0) is 30.2 Å². The number of benzene rings is 1. The van der Waals surface area contributed by atoms with Crippen LogP contribution in [0.5, 0.6) is 0 Å². The highest BCUT2D eigenvalue weighted by molar-refractivity contribution is 6.07. The van der Waals surface area contributed by atoms with Gasteiger partial charge in [-0.3, -0.25) is 4.79 Å². The minimum absolute atomic E-state index is 0.0326. The molecule has 5 heteroatoms. The molecule has 0 spiro atoms. The van der Waals surface area contributed by atoms with Crippen LogP contribution in [0.4, 0.5) is 5.82 Å². The van der Waals surface area contributed by atoms with Gasteiger partial charge in [0.05, 0.1) is 0 Å². The molecule has 0 bridgehead atoms. The molecule has 20 heavy (non-hydrogen) atoms. The van der Waals surface area contributed by atoms with Crippen molar-refractivity contribution in [2.24, 2.45) is 0 Å². The Morgan fingerprint density at radius 1 is 1.15 bits per heavy atom. The zero-order chi connectivity index (χ0) is 14.5. The molecule has 0 saturated heterocycles. The molecule has 2 rings (SSSR count). The van der Waals surface area contributed by atoms with Crippen LogP contribution in [0.3, 0.4) is 0 Å². The summed E-state index contributed by atoms with van der Waals surface area (Å²) >= 11 is 0. The first-order valence-electron chi connectivity index (χ1n) is 6.21. The number of aromatic nitrogens is 1. The number of carboxylic acid groups (broad SMARTS) is 1. The quantitative estimate of drug-likeness (QED) is 0.895. The van der Waals surface area contributed by atoms with Crippen LogP contribution in [0, 0.1) is 0 Å². The molecule has 1 aromatic heterocycles. The highest BCUT2D eigenvalue weighted by Crippen LogP contribution is 2.15. The first kappa shape index (κ1) is 13.7. The number of aromatic carboxylic acids is 1. The summed E-state index contributed by atoms with van der Waals surface area (Å²) in [4.78, 5) is 27.2. The van der Waals surface area contributed by atoms with Gasteiger partial charge >= 0.3 is 5.97 Å². The molecule has 0 atom stereocenters. The number of aryl methyl sites for hydroxylation is 1. The molecule has 1 aromatic carbocycles. The highest BCUT2D eigenvalue weighted by Gasteiger charge is 2.15. The molecular weight excluding hydrogens is 256 g/mol. The Labute approximate surface area is 116 Å². The van der Waals surface area contributed by atoms with Gasteiger partial charge in [-0.2, -0.15) is 0 Å². The summed E-state index contributed by atoms with van der Waals surface area (Å²) in [5.41, 5.74) is 1.39. The van der Waals surface area contributed by atoms with Crippen LogP contribution >= 0.6 is 0 Å². The molecule has 102 valence electrons.